The lowest BCUT2D eigenvalue weighted by molar-refractivity contribution is 0.0676. The first kappa shape index (κ1) is 20.9. The maximum atomic E-state index is 6.08. The number of hydrogen-bond donors (Lipinski definition) is 2. The molecule has 29 heavy (non-hydrogen) atoms. The summed E-state index contributed by atoms with van der Waals surface area (Å²) in [5.41, 5.74) is 3.32. The van der Waals surface area contributed by atoms with Crippen molar-refractivity contribution in [1.82, 2.24) is 15.6 Å². The number of rotatable bonds is 8. The van der Waals surface area contributed by atoms with Gasteiger partial charge in [0.25, 0.3) is 0 Å². The van der Waals surface area contributed by atoms with Crippen LogP contribution in [0.5, 0.6) is 11.6 Å². The number of ether oxygens (including phenoxy) is 3. The van der Waals surface area contributed by atoms with Crippen LogP contribution in [0.3, 0.4) is 0 Å². The van der Waals surface area contributed by atoms with Gasteiger partial charge in [0.15, 0.2) is 5.96 Å². The van der Waals surface area contributed by atoms with Crippen molar-refractivity contribution in [2.24, 2.45) is 4.99 Å². The highest BCUT2D eigenvalue weighted by atomic mass is 16.5. The van der Waals surface area contributed by atoms with E-state index in [9.17, 15) is 0 Å². The van der Waals surface area contributed by atoms with E-state index >= 15 is 0 Å². The molecule has 1 fully saturated rings. The topological polar surface area (TPSA) is 77.0 Å². The van der Waals surface area contributed by atoms with Crippen molar-refractivity contribution < 1.29 is 14.2 Å². The molecule has 0 spiro atoms. The Balaban J connectivity index is 1.55. The van der Waals surface area contributed by atoms with Crippen molar-refractivity contribution in [2.75, 3.05) is 27.4 Å². The molecule has 2 heterocycles. The minimum absolute atomic E-state index is 0.197. The molecule has 1 aromatic carbocycles. The molecule has 156 valence electrons. The summed E-state index contributed by atoms with van der Waals surface area (Å²) in [4.78, 5) is 8.43. The number of aromatic nitrogens is 1. The number of hydrogen-bond acceptors (Lipinski definition) is 5. The Morgan fingerprint density at radius 1 is 1.24 bits per heavy atom. The van der Waals surface area contributed by atoms with Crippen molar-refractivity contribution in [2.45, 2.75) is 39.0 Å². The van der Waals surface area contributed by atoms with Gasteiger partial charge < -0.3 is 24.8 Å². The number of benzene rings is 1. The van der Waals surface area contributed by atoms with Gasteiger partial charge in [0.1, 0.15) is 12.4 Å². The first-order valence-electron chi connectivity index (χ1n) is 9.95. The minimum atomic E-state index is 0.197. The summed E-state index contributed by atoms with van der Waals surface area (Å²) in [7, 11) is 3.37. The average molecular weight is 399 g/mol. The fourth-order valence-corrected chi connectivity index (χ4v) is 3.16. The van der Waals surface area contributed by atoms with Gasteiger partial charge in [0.2, 0.25) is 5.88 Å². The van der Waals surface area contributed by atoms with Gasteiger partial charge in [-0.3, -0.25) is 4.99 Å². The first-order chi connectivity index (χ1) is 14.2. The van der Waals surface area contributed by atoms with Crippen molar-refractivity contribution in [1.29, 1.82) is 0 Å². The monoisotopic (exact) mass is 398 g/mol. The summed E-state index contributed by atoms with van der Waals surface area (Å²) in [6.45, 7) is 4.73. The van der Waals surface area contributed by atoms with Crippen LogP contribution in [-0.2, 0) is 17.8 Å². The highest BCUT2D eigenvalue weighted by molar-refractivity contribution is 5.79. The molecular formula is C22H30N4O3. The molecule has 1 unspecified atom stereocenters. The predicted octanol–water partition coefficient (Wildman–Crippen LogP) is 2.82. The zero-order chi connectivity index (χ0) is 20.5. The second kappa shape index (κ2) is 10.7. The maximum Gasteiger partial charge on any atom is 0.213 e. The van der Waals surface area contributed by atoms with Crippen LogP contribution < -0.4 is 20.1 Å². The van der Waals surface area contributed by atoms with Crippen LogP contribution in [0.25, 0.3) is 0 Å². The fourth-order valence-electron chi connectivity index (χ4n) is 3.16. The molecule has 7 nitrogen and oxygen atoms in total. The number of nitrogens with one attached hydrogen (secondary N) is 2. The summed E-state index contributed by atoms with van der Waals surface area (Å²) in [6, 6.07) is 10.1. The van der Waals surface area contributed by atoms with Crippen LogP contribution >= 0.6 is 0 Å². The van der Waals surface area contributed by atoms with E-state index in [0.717, 1.165) is 36.3 Å². The van der Waals surface area contributed by atoms with Crippen LogP contribution in [-0.4, -0.2) is 44.4 Å². The minimum Gasteiger partial charge on any atom is -0.491 e. The molecule has 3 rings (SSSR count). The molecule has 0 bridgehead atoms. The molecular weight excluding hydrogens is 368 g/mol. The van der Waals surface area contributed by atoms with Crippen LogP contribution in [0.15, 0.2) is 41.5 Å². The Hall–Kier alpha value is -2.80. The smallest absolute Gasteiger partial charge is 0.213 e. The van der Waals surface area contributed by atoms with E-state index in [0.29, 0.717) is 31.5 Å². The predicted molar refractivity (Wildman–Crippen MR) is 113 cm³/mol. The third-order valence-electron chi connectivity index (χ3n) is 4.81. The lowest BCUT2D eigenvalue weighted by Crippen LogP contribution is -2.36. The number of aliphatic imine (C=N–C) groups is 1. The van der Waals surface area contributed by atoms with Crippen molar-refractivity contribution in [3.05, 3.63) is 53.2 Å². The van der Waals surface area contributed by atoms with E-state index in [2.05, 4.69) is 45.7 Å². The third-order valence-corrected chi connectivity index (χ3v) is 4.81. The van der Waals surface area contributed by atoms with E-state index in [4.69, 9.17) is 14.2 Å². The Labute approximate surface area is 172 Å². The summed E-state index contributed by atoms with van der Waals surface area (Å²) in [6.07, 6.45) is 4.11. The SMILES string of the molecule is CN=C(NCc1ccnc(OC)c1)NCc1ccc(C)cc1OCC1CCCO1. The highest BCUT2D eigenvalue weighted by Gasteiger charge is 2.17. The normalized spacial score (nSPS) is 16.5. The molecule has 2 aromatic rings. The number of nitrogens with zero attached hydrogens (tertiary/aromatic N) is 2. The first-order valence-corrected chi connectivity index (χ1v) is 9.95. The average Bonchev–Trinajstić information content (AvgIpc) is 3.27. The van der Waals surface area contributed by atoms with Crippen LogP contribution in [0.4, 0.5) is 0 Å². The standard InChI is InChI=1S/C22H30N4O3/c1-16-6-7-18(20(11-16)29-15-19-5-4-10-28-19)14-26-22(23-2)25-13-17-8-9-24-21(12-17)27-3/h6-9,11-12,19H,4-5,10,13-15H2,1-3H3,(H2,23,25,26). The quantitative estimate of drug-likeness (QED) is 0.526. The van der Waals surface area contributed by atoms with Crippen LogP contribution in [0, 0.1) is 6.92 Å². The van der Waals surface area contributed by atoms with E-state index in [-0.39, 0.29) is 6.10 Å². The summed E-state index contributed by atoms with van der Waals surface area (Å²) < 4.78 is 16.9. The number of aryl methyl sites for hydroxylation is 1. The fraction of sp³-hybridized carbons (Fsp3) is 0.455. The molecule has 0 aliphatic carbocycles. The maximum absolute atomic E-state index is 6.08. The van der Waals surface area contributed by atoms with Gasteiger partial charge in [-0.25, -0.2) is 4.98 Å². The van der Waals surface area contributed by atoms with Gasteiger partial charge in [-0.1, -0.05) is 12.1 Å². The molecule has 1 aromatic heterocycles. The van der Waals surface area contributed by atoms with Gasteiger partial charge in [0, 0.05) is 44.6 Å². The molecule has 1 aliphatic rings. The van der Waals surface area contributed by atoms with Gasteiger partial charge in [-0.15, -0.1) is 0 Å². The van der Waals surface area contributed by atoms with E-state index in [1.165, 1.54) is 5.56 Å². The Morgan fingerprint density at radius 3 is 2.86 bits per heavy atom. The van der Waals surface area contributed by atoms with Crippen LogP contribution in [0.1, 0.15) is 29.5 Å². The molecule has 0 saturated carbocycles. The lowest BCUT2D eigenvalue weighted by Gasteiger charge is -2.17. The van der Waals surface area contributed by atoms with E-state index < -0.39 is 0 Å². The zero-order valence-electron chi connectivity index (χ0n) is 17.4. The number of methoxy groups -OCH3 is 1. The molecule has 1 saturated heterocycles. The molecule has 7 heteroatoms. The molecule has 0 amide bonds. The number of guanidine groups is 1. The zero-order valence-corrected chi connectivity index (χ0v) is 17.4. The van der Waals surface area contributed by atoms with E-state index in [1.807, 2.05) is 12.1 Å². The molecule has 2 N–H and O–H groups in total. The van der Waals surface area contributed by atoms with Crippen LogP contribution in [0.2, 0.25) is 0 Å². The Kier molecular flexibility index (Phi) is 7.69. The summed E-state index contributed by atoms with van der Waals surface area (Å²) >= 11 is 0. The van der Waals surface area contributed by atoms with Gasteiger partial charge in [-0.2, -0.15) is 0 Å². The Bertz CT molecular complexity index is 819. The third kappa shape index (κ3) is 6.35. The largest absolute Gasteiger partial charge is 0.491 e. The van der Waals surface area contributed by atoms with Crippen molar-refractivity contribution in [3.63, 3.8) is 0 Å². The second-order valence-corrected chi connectivity index (χ2v) is 7.04. The van der Waals surface area contributed by atoms with Crippen molar-refractivity contribution >= 4 is 5.96 Å². The lowest BCUT2D eigenvalue weighted by atomic mass is 10.1. The molecule has 0 radical (unpaired) electrons. The summed E-state index contributed by atoms with van der Waals surface area (Å²) in [5, 5.41) is 6.66. The van der Waals surface area contributed by atoms with E-state index in [1.54, 1.807) is 20.4 Å². The van der Waals surface area contributed by atoms with Gasteiger partial charge in [0.05, 0.1) is 13.2 Å². The van der Waals surface area contributed by atoms with Gasteiger partial charge >= 0.3 is 0 Å². The Morgan fingerprint density at radius 2 is 2.10 bits per heavy atom. The van der Waals surface area contributed by atoms with Crippen molar-refractivity contribution in [3.8, 4) is 11.6 Å². The molecule has 1 aliphatic heterocycles. The second-order valence-electron chi connectivity index (χ2n) is 7.04. The summed E-state index contributed by atoms with van der Waals surface area (Å²) in [5.74, 6) is 2.20. The highest BCUT2D eigenvalue weighted by Crippen LogP contribution is 2.22. The number of pyridine rings is 1. The molecule has 1 atom stereocenters. The van der Waals surface area contributed by atoms with Gasteiger partial charge in [-0.05, 0) is 43.0 Å².